The molecule has 0 aliphatic rings. The van der Waals surface area contributed by atoms with Crippen molar-refractivity contribution in [3.63, 3.8) is 0 Å². The summed E-state index contributed by atoms with van der Waals surface area (Å²) in [6, 6.07) is 0. The first-order valence-corrected chi connectivity index (χ1v) is 5.31. The molecule has 1 aromatic rings. The summed E-state index contributed by atoms with van der Waals surface area (Å²) in [5, 5.41) is 20.8. The normalized spacial score (nSPS) is 15.2. The van der Waals surface area contributed by atoms with Gasteiger partial charge in [0.05, 0.1) is 12.1 Å². The third-order valence-electron chi connectivity index (χ3n) is 2.38. The molecular weight excluding hydrogens is 192 g/mol. The van der Waals surface area contributed by atoms with Crippen molar-refractivity contribution >= 4 is 0 Å². The molecule has 1 aromatic heterocycles. The molecule has 0 aliphatic carbocycles. The lowest BCUT2D eigenvalue weighted by atomic mass is 10.0. The summed E-state index contributed by atoms with van der Waals surface area (Å²) in [7, 11) is 1.90. The van der Waals surface area contributed by atoms with Crippen molar-refractivity contribution in [2.45, 2.75) is 38.8 Å². The fraction of sp³-hybridized carbons (Fsp3) is 0.800. The predicted octanol–water partition coefficient (Wildman–Crippen LogP) is 0.456. The molecule has 86 valence electrons. The van der Waals surface area contributed by atoms with Crippen molar-refractivity contribution in [3.8, 4) is 0 Å². The average molecular weight is 212 g/mol. The zero-order valence-corrected chi connectivity index (χ0v) is 9.69. The van der Waals surface area contributed by atoms with E-state index in [1.165, 1.54) is 0 Å². The lowest BCUT2D eigenvalue weighted by molar-refractivity contribution is 0.0496. The number of hydrogen-bond acceptors (Lipinski definition) is 4. The minimum absolute atomic E-state index is 0.577. The lowest BCUT2D eigenvalue weighted by Crippen LogP contribution is -2.37. The molecular formula is C10H20N4O. The van der Waals surface area contributed by atoms with Crippen LogP contribution in [0.5, 0.6) is 0 Å². The molecule has 0 aliphatic heterocycles. The smallest absolute Gasteiger partial charge is 0.146 e. The number of rotatable bonds is 6. The van der Waals surface area contributed by atoms with Crippen LogP contribution in [0, 0.1) is 0 Å². The van der Waals surface area contributed by atoms with E-state index in [4.69, 9.17) is 0 Å². The Morgan fingerprint density at radius 3 is 2.87 bits per heavy atom. The standard InChI is InChI=1S/C10H20N4O/c1-4-5-10(2,15)7-11-6-9-13-12-8-14(9)3/h8,11,15H,4-7H2,1-3H3. The van der Waals surface area contributed by atoms with Gasteiger partial charge in [-0.25, -0.2) is 0 Å². The van der Waals surface area contributed by atoms with Crippen molar-refractivity contribution in [2.24, 2.45) is 7.05 Å². The van der Waals surface area contributed by atoms with Gasteiger partial charge in [-0.05, 0) is 13.3 Å². The highest BCUT2D eigenvalue weighted by Gasteiger charge is 2.18. The van der Waals surface area contributed by atoms with Crippen LogP contribution in [0.25, 0.3) is 0 Å². The van der Waals surface area contributed by atoms with Gasteiger partial charge in [0, 0.05) is 13.6 Å². The van der Waals surface area contributed by atoms with E-state index in [-0.39, 0.29) is 0 Å². The van der Waals surface area contributed by atoms with Gasteiger partial charge in [-0.3, -0.25) is 0 Å². The third-order valence-corrected chi connectivity index (χ3v) is 2.38. The van der Waals surface area contributed by atoms with Crippen LogP contribution in [0.15, 0.2) is 6.33 Å². The Morgan fingerprint density at radius 1 is 1.60 bits per heavy atom. The number of nitrogens with one attached hydrogen (secondary N) is 1. The fourth-order valence-electron chi connectivity index (χ4n) is 1.54. The van der Waals surface area contributed by atoms with Crippen LogP contribution >= 0.6 is 0 Å². The predicted molar refractivity (Wildman–Crippen MR) is 58.2 cm³/mol. The molecule has 0 bridgehead atoms. The van der Waals surface area contributed by atoms with Crippen LogP contribution in [0.2, 0.25) is 0 Å². The summed E-state index contributed by atoms with van der Waals surface area (Å²) in [4.78, 5) is 0. The van der Waals surface area contributed by atoms with E-state index in [9.17, 15) is 5.11 Å². The van der Waals surface area contributed by atoms with E-state index in [2.05, 4.69) is 22.4 Å². The van der Waals surface area contributed by atoms with Gasteiger partial charge in [0.15, 0.2) is 0 Å². The minimum Gasteiger partial charge on any atom is -0.389 e. The van der Waals surface area contributed by atoms with E-state index < -0.39 is 5.60 Å². The maximum atomic E-state index is 9.91. The molecule has 5 heteroatoms. The van der Waals surface area contributed by atoms with Crippen molar-refractivity contribution in [2.75, 3.05) is 6.54 Å². The molecule has 5 nitrogen and oxygen atoms in total. The zero-order chi connectivity index (χ0) is 11.3. The highest BCUT2D eigenvalue weighted by atomic mass is 16.3. The van der Waals surface area contributed by atoms with Gasteiger partial charge in [-0.2, -0.15) is 0 Å². The zero-order valence-electron chi connectivity index (χ0n) is 9.69. The minimum atomic E-state index is -0.632. The van der Waals surface area contributed by atoms with Crippen LogP contribution < -0.4 is 5.32 Å². The SMILES string of the molecule is CCCC(C)(O)CNCc1nncn1C. The molecule has 0 aromatic carbocycles. The molecule has 1 atom stereocenters. The average Bonchev–Trinajstić information content (AvgIpc) is 2.51. The monoisotopic (exact) mass is 212 g/mol. The Kier molecular flexibility index (Phi) is 4.23. The second-order valence-electron chi connectivity index (χ2n) is 4.21. The van der Waals surface area contributed by atoms with Gasteiger partial charge >= 0.3 is 0 Å². The van der Waals surface area contributed by atoms with Crippen molar-refractivity contribution in [1.82, 2.24) is 20.1 Å². The van der Waals surface area contributed by atoms with Crippen LogP contribution in [-0.4, -0.2) is 32.0 Å². The maximum Gasteiger partial charge on any atom is 0.146 e. The van der Waals surface area contributed by atoms with Crippen LogP contribution in [0.3, 0.4) is 0 Å². The first-order chi connectivity index (χ1) is 7.05. The molecule has 2 N–H and O–H groups in total. The molecule has 1 heterocycles. The quantitative estimate of drug-likeness (QED) is 0.719. The number of hydrogen-bond donors (Lipinski definition) is 2. The van der Waals surface area contributed by atoms with E-state index in [0.717, 1.165) is 18.7 Å². The number of aromatic nitrogens is 3. The molecule has 15 heavy (non-hydrogen) atoms. The Hall–Kier alpha value is -0.940. The van der Waals surface area contributed by atoms with Crippen molar-refractivity contribution < 1.29 is 5.11 Å². The van der Waals surface area contributed by atoms with Gasteiger partial charge in [-0.15, -0.1) is 10.2 Å². The summed E-state index contributed by atoms with van der Waals surface area (Å²) in [6.45, 7) is 5.13. The summed E-state index contributed by atoms with van der Waals surface area (Å²) < 4.78 is 1.86. The Balaban J connectivity index is 2.30. The molecule has 0 fully saturated rings. The largest absolute Gasteiger partial charge is 0.389 e. The molecule has 0 saturated carbocycles. The molecule has 0 amide bonds. The van der Waals surface area contributed by atoms with Crippen molar-refractivity contribution in [3.05, 3.63) is 12.2 Å². The molecule has 0 radical (unpaired) electrons. The Labute approximate surface area is 90.5 Å². The van der Waals surface area contributed by atoms with Gasteiger partial charge < -0.3 is 15.0 Å². The Bertz CT molecular complexity index is 295. The first-order valence-electron chi connectivity index (χ1n) is 5.31. The number of aliphatic hydroxyl groups is 1. The third kappa shape index (κ3) is 3.97. The van der Waals surface area contributed by atoms with Crippen LogP contribution in [0.4, 0.5) is 0 Å². The fourth-order valence-corrected chi connectivity index (χ4v) is 1.54. The second kappa shape index (κ2) is 5.23. The molecule has 0 saturated heterocycles. The summed E-state index contributed by atoms with van der Waals surface area (Å²) in [5.41, 5.74) is -0.632. The van der Waals surface area contributed by atoms with E-state index in [1.807, 2.05) is 18.5 Å². The molecule has 1 unspecified atom stereocenters. The van der Waals surface area contributed by atoms with E-state index in [0.29, 0.717) is 13.1 Å². The Morgan fingerprint density at radius 2 is 2.33 bits per heavy atom. The lowest BCUT2D eigenvalue weighted by Gasteiger charge is -2.22. The van der Waals surface area contributed by atoms with Crippen LogP contribution in [-0.2, 0) is 13.6 Å². The van der Waals surface area contributed by atoms with Gasteiger partial charge in [0.2, 0.25) is 0 Å². The van der Waals surface area contributed by atoms with E-state index in [1.54, 1.807) is 6.33 Å². The molecule has 0 spiro atoms. The van der Waals surface area contributed by atoms with Crippen LogP contribution in [0.1, 0.15) is 32.5 Å². The number of aryl methyl sites for hydroxylation is 1. The van der Waals surface area contributed by atoms with Gasteiger partial charge in [-0.1, -0.05) is 13.3 Å². The van der Waals surface area contributed by atoms with Gasteiger partial charge in [0.25, 0.3) is 0 Å². The molecule has 1 rings (SSSR count). The summed E-state index contributed by atoms with van der Waals surface area (Å²) >= 11 is 0. The summed E-state index contributed by atoms with van der Waals surface area (Å²) in [5.74, 6) is 0.877. The second-order valence-corrected chi connectivity index (χ2v) is 4.21. The maximum absolute atomic E-state index is 9.91. The van der Waals surface area contributed by atoms with E-state index >= 15 is 0 Å². The van der Waals surface area contributed by atoms with Crippen molar-refractivity contribution in [1.29, 1.82) is 0 Å². The highest BCUT2D eigenvalue weighted by molar-refractivity contribution is 4.84. The van der Waals surface area contributed by atoms with Gasteiger partial charge in [0.1, 0.15) is 12.2 Å². The first kappa shape index (κ1) is 12.1. The highest BCUT2D eigenvalue weighted by Crippen LogP contribution is 2.10. The number of nitrogens with zero attached hydrogens (tertiary/aromatic N) is 3. The topological polar surface area (TPSA) is 63.0 Å². The summed E-state index contributed by atoms with van der Waals surface area (Å²) in [6.07, 6.45) is 3.46.